The lowest BCUT2D eigenvalue weighted by Crippen LogP contribution is -2.11. The average molecular weight is 361 g/mol. The second-order valence-electron chi connectivity index (χ2n) is 5.26. The number of aromatic amines is 1. The lowest BCUT2D eigenvalue weighted by atomic mass is 10.1. The number of hydrogen-bond donors (Lipinski definition) is 2. The molecule has 0 unspecified atom stereocenters. The van der Waals surface area contributed by atoms with Crippen LogP contribution in [-0.2, 0) is 0 Å². The minimum Gasteiger partial charge on any atom is -0.495 e. The zero-order chi connectivity index (χ0) is 18.0. The lowest BCUT2D eigenvalue weighted by molar-refractivity contribution is 0.102. The van der Waals surface area contributed by atoms with Crippen LogP contribution in [0.25, 0.3) is 10.9 Å². The van der Waals surface area contributed by atoms with Crippen LogP contribution in [0.5, 0.6) is 17.2 Å². The van der Waals surface area contributed by atoms with E-state index >= 15 is 0 Å². The number of benzene rings is 2. The van der Waals surface area contributed by atoms with Gasteiger partial charge in [-0.25, -0.2) is 0 Å². The number of ether oxygens (including phenoxy) is 3. The summed E-state index contributed by atoms with van der Waals surface area (Å²) in [5.41, 5.74) is 1.84. The molecule has 2 aromatic carbocycles. The molecule has 0 aliphatic carbocycles. The van der Waals surface area contributed by atoms with Gasteiger partial charge in [-0.1, -0.05) is 11.6 Å². The number of H-pyrrole nitrogens is 1. The van der Waals surface area contributed by atoms with Gasteiger partial charge in [-0.3, -0.25) is 4.79 Å². The third-order valence-corrected chi connectivity index (χ3v) is 4.14. The van der Waals surface area contributed by atoms with E-state index in [4.69, 9.17) is 25.8 Å². The number of nitrogens with one attached hydrogen (secondary N) is 2. The van der Waals surface area contributed by atoms with Crippen LogP contribution in [-0.4, -0.2) is 32.2 Å². The molecule has 25 heavy (non-hydrogen) atoms. The molecule has 1 amide bonds. The molecule has 0 radical (unpaired) electrons. The summed E-state index contributed by atoms with van der Waals surface area (Å²) in [6.07, 6.45) is 1.64. The molecule has 0 aliphatic rings. The summed E-state index contributed by atoms with van der Waals surface area (Å²) in [7, 11) is 4.65. The van der Waals surface area contributed by atoms with E-state index in [1.807, 2.05) is 0 Å². The average Bonchev–Trinajstić information content (AvgIpc) is 3.03. The molecule has 3 aromatic rings. The fraction of sp³-hybridized carbons (Fsp3) is 0.167. The number of rotatable bonds is 5. The van der Waals surface area contributed by atoms with E-state index in [0.717, 1.165) is 10.9 Å². The SMILES string of the molecule is COc1ccc(NC(=O)c2c[nH]c3cc(OC)c(OC)cc23)cc1Cl. The van der Waals surface area contributed by atoms with Crippen molar-refractivity contribution in [3.05, 3.63) is 47.1 Å². The Kier molecular flexibility index (Phi) is 4.72. The first-order valence-corrected chi connectivity index (χ1v) is 7.83. The van der Waals surface area contributed by atoms with Gasteiger partial charge < -0.3 is 24.5 Å². The summed E-state index contributed by atoms with van der Waals surface area (Å²) in [5.74, 6) is 1.42. The summed E-state index contributed by atoms with van der Waals surface area (Å²) < 4.78 is 15.7. The predicted molar refractivity (Wildman–Crippen MR) is 97.4 cm³/mol. The predicted octanol–water partition coefficient (Wildman–Crippen LogP) is 4.10. The summed E-state index contributed by atoms with van der Waals surface area (Å²) >= 11 is 6.09. The van der Waals surface area contributed by atoms with Crippen molar-refractivity contribution in [3.8, 4) is 17.2 Å². The van der Waals surface area contributed by atoms with E-state index in [1.54, 1.807) is 50.7 Å². The lowest BCUT2D eigenvalue weighted by Gasteiger charge is -2.09. The molecule has 1 heterocycles. The van der Waals surface area contributed by atoms with Gasteiger partial charge in [0.05, 0.1) is 37.4 Å². The summed E-state index contributed by atoms with van der Waals surface area (Å²) in [6.45, 7) is 0. The number of methoxy groups -OCH3 is 3. The maximum Gasteiger partial charge on any atom is 0.257 e. The second kappa shape index (κ2) is 6.94. The van der Waals surface area contributed by atoms with E-state index in [2.05, 4.69) is 10.3 Å². The van der Waals surface area contributed by atoms with Gasteiger partial charge in [-0.05, 0) is 24.3 Å². The number of aromatic nitrogens is 1. The van der Waals surface area contributed by atoms with Crippen LogP contribution in [0.15, 0.2) is 36.5 Å². The highest BCUT2D eigenvalue weighted by Gasteiger charge is 2.16. The van der Waals surface area contributed by atoms with Crippen LogP contribution in [0, 0.1) is 0 Å². The summed E-state index contributed by atoms with van der Waals surface area (Å²) in [5, 5.41) is 3.98. The Labute approximate surface area is 149 Å². The number of halogens is 1. The van der Waals surface area contributed by atoms with Crippen molar-refractivity contribution < 1.29 is 19.0 Å². The molecule has 0 spiro atoms. The van der Waals surface area contributed by atoms with Crippen molar-refractivity contribution in [2.24, 2.45) is 0 Å². The Morgan fingerprint density at radius 1 is 1.00 bits per heavy atom. The Hall–Kier alpha value is -2.86. The smallest absolute Gasteiger partial charge is 0.257 e. The standard InChI is InChI=1S/C18H17ClN2O4/c1-23-15-5-4-10(6-13(15)19)21-18(22)12-9-20-14-8-17(25-3)16(24-2)7-11(12)14/h4-9,20H,1-3H3,(H,21,22). The molecular formula is C18H17ClN2O4. The largest absolute Gasteiger partial charge is 0.495 e. The first-order chi connectivity index (χ1) is 12.1. The van der Waals surface area contributed by atoms with Crippen molar-refractivity contribution in [3.63, 3.8) is 0 Å². The minimum absolute atomic E-state index is 0.264. The fourth-order valence-corrected chi connectivity index (χ4v) is 2.84. The van der Waals surface area contributed by atoms with Crippen molar-refractivity contribution in [2.75, 3.05) is 26.6 Å². The number of carbonyl (C=O) groups is 1. The van der Waals surface area contributed by atoms with E-state index in [-0.39, 0.29) is 5.91 Å². The molecule has 1 aromatic heterocycles. The summed E-state index contributed by atoms with van der Waals surface area (Å²) in [6, 6.07) is 8.61. The maximum absolute atomic E-state index is 12.6. The third kappa shape index (κ3) is 3.21. The molecular weight excluding hydrogens is 344 g/mol. The molecule has 7 heteroatoms. The molecule has 6 nitrogen and oxygen atoms in total. The topological polar surface area (TPSA) is 72.6 Å². The fourth-order valence-electron chi connectivity index (χ4n) is 2.58. The van der Waals surface area contributed by atoms with Gasteiger partial charge >= 0.3 is 0 Å². The molecule has 0 saturated heterocycles. The van der Waals surface area contributed by atoms with Crippen LogP contribution in [0.4, 0.5) is 5.69 Å². The van der Waals surface area contributed by atoms with Crippen molar-refractivity contribution in [2.45, 2.75) is 0 Å². The molecule has 0 bridgehead atoms. The van der Waals surface area contributed by atoms with Crippen molar-refractivity contribution in [1.82, 2.24) is 4.98 Å². The molecule has 0 fully saturated rings. The molecule has 0 atom stereocenters. The quantitative estimate of drug-likeness (QED) is 0.718. The highest BCUT2D eigenvalue weighted by atomic mass is 35.5. The minimum atomic E-state index is -0.264. The number of carbonyl (C=O) groups excluding carboxylic acids is 1. The van der Waals surface area contributed by atoms with Gasteiger partial charge in [0, 0.05) is 23.3 Å². The zero-order valence-electron chi connectivity index (χ0n) is 14.0. The van der Waals surface area contributed by atoms with Gasteiger partial charge in [-0.15, -0.1) is 0 Å². The van der Waals surface area contributed by atoms with Crippen LogP contribution in [0.2, 0.25) is 5.02 Å². The number of anilines is 1. The Balaban J connectivity index is 1.93. The molecule has 0 saturated carbocycles. The van der Waals surface area contributed by atoms with Crippen LogP contribution in [0.3, 0.4) is 0 Å². The normalized spacial score (nSPS) is 10.6. The second-order valence-corrected chi connectivity index (χ2v) is 5.67. The highest BCUT2D eigenvalue weighted by Crippen LogP contribution is 2.34. The molecule has 0 aliphatic heterocycles. The number of hydrogen-bond acceptors (Lipinski definition) is 4. The maximum atomic E-state index is 12.6. The van der Waals surface area contributed by atoms with E-state index in [1.165, 1.54) is 7.11 Å². The first-order valence-electron chi connectivity index (χ1n) is 7.45. The van der Waals surface area contributed by atoms with Gasteiger partial charge in [-0.2, -0.15) is 0 Å². The molecule has 2 N–H and O–H groups in total. The molecule has 3 rings (SSSR count). The Morgan fingerprint density at radius 2 is 1.68 bits per heavy atom. The van der Waals surface area contributed by atoms with E-state index < -0.39 is 0 Å². The van der Waals surface area contributed by atoms with E-state index in [9.17, 15) is 4.79 Å². The van der Waals surface area contributed by atoms with Crippen LogP contribution < -0.4 is 19.5 Å². The van der Waals surface area contributed by atoms with Crippen molar-refractivity contribution >= 4 is 34.1 Å². The van der Waals surface area contributed by atoms with Gasteiger partial charge in [0.2, 0.25) is 0 Å². The Bertz CT molecular complexity index is 936. The van der Waals surface area contributed by atoms with Gasteiger partial charge in [0.1, 0.15) is 5.75 Å². The van der Waals surface area contributed by atoms with Crippen LogP contribution >= 0.6 is 11.6 Å². The highest BCUT2D eigenvalue weighted by molar-refractivity contribution is 6.32. The van der Waals surface area contributed by atoms with Crippen LogP contribution in [0.1, 0.15) is 10.4 Å². The first kappa shape index (κ1) is 17.0. The summed E-state index contributed by atoms with van der Waals surface area (Å²) in [4.78, 5) is 15.7. The third-order valence-electron chi connectivity index (χ3n) is 3.84. The van der Waals surface area contributed by atoms with Gasteiger partial charge in [0.25, 0.3) is 5.91 Å². The van der Waals surface area contributed by atoms with Gasteiger partial charge in [0.15, 0.2) is 11.5 Å². The molecule has 130 valence electrons. The van der Waals surface area contributed by atoms with Crippen molar-refractivity contribution in [1.29, 1.82) is 0 Å². The number of amides is 1. The van der Waals surface area contributed by atoms with E-state index in [0.29, 0.717) is 33.5 Å². The monoisotopic (exact) mass is 360 g/mol. The zero-order valence-corrected chi connectivity index (χ0v) is 14.7. The Morgan fingerprint density at radius 3 is 2.32 bits per heavy atom. The number of fused-ring (bicyclic) bond motifs is 1.